The van der Waals surface area contributed by atoms with Gasteiger partial charge in [0.05, 0.1) is 16.7 Å². The number of H-pyrrole nitrogens is 1. The number of rotatable bonds is 2. The number of carbonyl (C=O) groups excluding carboxylic acids is 2. The van der Waals surface area contributed by atoms with Gasteiger partial charge in [-0.2, -0.15) is 0 Å². The Balaban J connectivity index is 1.70. The first-order valence-electron chi connectivity index (χ1n) is 10.3. The molecular weight excluding hydrogens is 393 g/mol. The van der Waals surface area contributed by atoms with Gasteiger partial charge in [-0.3, -0.25) is 14.9 Å². The second-order valence-electron chi connectivity index (χ2n) is 9.00. The van der Waals surface area contributed by atoms with E-state index < -0.39 is 11.8 Å². The van der Waals surface area contributed by atoms with Gasteiger partial charge in [0.2, 0.25) is 0 Å². The number of amides is 2. The van der Waals surface area contributed by atoms with Crippen LogP contribution in [0.3, 0.4) is 0 Å². The highest BCUT2D eigenvalue weighted by molar-refractivity contribution is 6.50. The van der Waals surface area contributed by atoms with Gasteiger partial charge >= 0.3 is 0 Å². The van der Waals surface area contributed by atoms with Gasteiger partial charge in [0.25, 0.3) is 11.8 Å². The number of aryl methyl sites for hydroxylation is 1. The minimum absolute atomic E-state index is 0.173. The van der Waals surface area contributed by atoms with Gasteiger partial charge in [0.1, 0.15) is 5.82 Å². The van der Waals surface area contributed by atoms with Crippen LogP contribution in [0, 0.1) is 5.82 Å². The van der Waals surface area contributed by atoms with E-state index in [1.165, 1.54) is 6.07 Å². The van der Waals surface area contributed by atoms with E-state index in [0.29, 0.717) is 27.7 Å². The number of para-hydroxylation sites is 1. The first kappa shape index (κ1) is 18.1. The van der Waals surface area contributed by atoms with Gasteiger partial charge in [-0.25, -0.2) is 4.39 Å². The molecule has 6 rings (SSSR count). The summed E-state index contributed by atoms with van der Waals surface area (Å²) in [4.78, 5) is 29.0. The van der Waals surface area contributed by atoms with Crippen LogP contribution in [0.4, 0.5) is 4.39 Å². The number of imide groups is 1. The van der Waals surface area contributed by atoms with E-state index in [0.717, 1.165) is 34.9 Å². The predicted octanol–water partition coefficient (Wildman–Crippen LogP) is 4.51. The van der Waals surface area contributed by atoms with Crippen molar-refractivity contribution in [2.24, 2.45) is 0 Å². The standard InChI is InChI=1S/C25H20FN3O2/c1-25(2)7-8-29-12-17(15-9-13(26)10-18(25)22(15)29)21-20(23(30)28-24(21)31)16-11-27-19-6-4-3-5-14(16)19/h3-6,9-12,27H,7-8H2,1-2H3,(H,28,30,31). The molecule has 0 aliphatic carbocycles. The van der Waals surface area contributed by atoms with Crippen molar-refractivity contribution in [2.75, 3.05) is 0 Å². The Morgan fingerprint density at radius 3 is 2.55 bits per heavy atom. The number of benzene rings is 2. The molecule has 0 spiro atoms. The number of fused-ring (bicyclic) bond motifs is 1. The zero-order valence-corrected chi connectivity index (χ0v) is 17.2. The molecule has 2 aliphatic rings. The monoisotopic (exact) mass is 413 g/mol. The van der Waals surface area contributed by atoms with Gasteiger partial charge in [0, 0.05) is 46.4 Å². The molecule has 2 N–H and O–H groups in total. The molecule has 4 aromatic rings. The molecule has 0 saturated carbocycles. The third-order valence-electron chi connectivity index (χ3n) is 6.70. The van der Waals surface area contributed by atoms with E-state index in [-0.39, 0.29) is 11.2 Å². The average Bonchev–Trinajstić information content (AvgIpc) is 3.38. The highest BCUT2D eigenvalue weighted by atomic mass is 19.1. The van der Waals surface area contributed by atoms with Gasteiger partial charge in [-0.1, -0.05) is 32.0 Å². The van der Waals surface area contributed by atoms with Crippen molar-refractivity contribution in [3.63, 3.8) is 0 Å². The van der Waals surface area contributed by atoms with Crippen LogP contribution in [0.2, 0.25) is 0 Å². The molecule has 0 saturated heterocycles. The molecule has 2 aromatic heterocycles. The number of hydrogen-bond acceptors (Lipinski definition) is 2. The molecular formula is C25H20FN3O2. The molecule has 0 unspecified atom stereocenters. The molecule has 154 valence electrons. The lowest BCUT2D eigenvalue weighted by molar-refractivity contribution is -0.122. The maximum Gasteiger partial charge on any atom is 0.259 e. The van der Waals surface area contributed by atoms with Crippen LogP contribution in [-0.2, 0) is 21.5 Å². The van der Waals surface area contributed by atoms with E-state index in [2.05, 4.69) is 28.7 Å². The van der Waals surface area contributed by atoms with Crippen molar-refractivity contribution < 1.29 is 14.0 Å². The molecule has 2 amide bonds. The van der Waals surface area contributed by atoms with E-state index in [4.69, 9.17) is 0 Å². The topological polar surface area (TPSA) is 66.9 Å². The molecule has 5 nitrogen and oxygen atoms in total. The van der Waals surface area contributed by atoms with Gasteiger partial charge in [-0.05, 0) is 35.6 Å². The summed E-state index contributed by atoms with van der Waals surface area (Å²) in [5.74, 6) is -1.22. The first-order chi connectivity index (χ1) is 14.8. The molecule has 6 heteroatoms. The summed E-state index contributed by atoms with van der Waals surface area (Å²) < 4.78 is 16.8. The lowest BCUT2D eigenvalue weighted by Crippen LogP contribution is -2.25. The lowest BCUT2D eigenvalue weighted by atomic mass is 9.78. The summed E-state index contributed by atoms with van der Waals surface area (Å²) in [6.45, 7) is 4.99. The van der Waals surface area contributed by atoms with E-state index in [9.17, 15) is 14.0 Å². The van der Waals surface area contributed by atoms with E-state index >= 15 is 0 Å². The van der Waals surface area contributed by atoms with Crippen molar-refractivity contribution in [3.8, 4) is 0 Å². The van der Waals surface area contributed by atoms with Crippen LogP contribution < -0.4 is 5.32 Å². The van der Waals surface area contributed by atoms with Crippen molar-refractivity contribution in [1.29, 1.82) is 0 Å². The normalized spacial score (nSPS) is 17.8. The van der Waals surface area contributed by atoms with Crippen molar-refractivity contribution in [2.45, 2.75) is 32.2 Å². The molecule has 2 aliphatic heterocycles. The highest BCUT2D eigenvalue weighted by Crippen LogP contribution is 2.44. The molecule has 0 radical (unpaired) electrons. The Morgan fingerprint density at radius 1 is 1.00 bits per heavy atom. The fraction of sp³-hybridized carbons (Fsp3) is 0.200. The largest absolute Gasteiger partial charge is 0.361 e. The van der Waals surface area contributed by atoms with Crippen LogP contribution in [0.15, 0.2) is 48.8 Å². The number of aromatic nitrogens is 2. The molecule has 0 atom stereocenters. The first-order valence-corrected chi connectivity index (χ1v) is 10.3. The van der Waals surface area contributed by atoms with Gasteiger partial charge in [-0.15, -0.1) is 0 Å². The number of aromatic amines is 1. The van der Waals surface area contributed by atoms with Crippen LogP contribution in [-0.4, -0.2) is 21.4 Å². The van der Waals surface area contributed by atoms with Crippen molar-refractivity contribution >= 4 is 44.8 Å². The zero-order chi connectivity index (χ0) is 21.5. The molecule has 31 heavy (non-hydrogen) atoms. The fourth-order valence-electron chi connectivity index (χ4n) is 5.08. The molecule has 2 aromatic carbocycles. The second-order valence-corrected chi connectivity index (χ2v) is 9.00. The SMILES string of the molecule is CC1(C)CCn2cc(C3=C(c4c[nH]c5ccccc45)C(=O)NC3=O)c3cc(F)cc1c32. The summed E-state index contributed by atoms with van der Waals surface area (Å²) in [5.41, 5.74) is 4.46. The minimum atomic E-state index is -0.450. The average molecular weight is 413 g/mol. The van der Waals surface area contributed by atoms with Crippen molar-refractivity contribution in [1.82, 2.24) is 14.9 Å². The smallest absolute Gasteiger partial charge is 0.259 e. The molecule has 0 fully saturated rings. The maximum atomic E-state index is 14.7. The summed E-state index contributed by atoms with van der Waals surface area (Å²) in [5, 5.41) is 3.98. The molecule has 4 heterocycles. The van der Waals surface area contributed by atoms with E-state index in [1.807, 2.05) is 30.5 Å². The summed E-state index contributed by atoms with van der Waals surface area (Å²) in [7, 11) is 0. The highest BCUT2D eigenvalue weighted by Gasteiger charge is 2.37. The minimum Gasteiger partial charge on any atom is -0.361 e. The van der Waals surface area contributed by atoms with Crippen LogP contribution in [0.5, 0.6) is 0 Å². The summed E-state index contributed by atoms with van der Waals surface area (Å²) in [6, 6.07) is 10.7. The Kier molecular flexibility index (Phi) is 3.47. The quantitative estimate of drug-likeness (QED) is 0.475. The Bertz CT molecular complexity index is 1490. The number of nitrogens with zero attached hydrogens (tertiary/aromatic N) is 1. The summed E-state index contributed by atoms with van der Waals surface area (Å²) >= 11 is 0. The lowest BCUT2D eigenvalue weighted by Gasteiger charge is -2.31. The van der Waals surface area contributed by atoms with Crippen LogP contribution in [0.25, 0.3) is 33.0 Å². The number of carbonyl (C=O) groups is 2. The van der Waals surface area contributed by atoms with Crippen molar-refractivity contribution in [3.05, 3.63) is 71.3 Å². The number of halogens is 1. The zero-order valence-electron chi connectivity index (χ0n) is 17.2. The molecule has 0 bridgehead atoms. The van der Waals surface area contributed by atoms with E-state index in [1.54, 1.807) is 12.3 Å². The Hall–Kier alpha value is -3.67. The Labute approximate surface area is 177 Å². The Morgan fingerprint density at radius 2 is 1.74 bits per heavy atom. The number of nitrogens with one attached hydrogen (secondary N) is 2. The predicted molar refractivity (Wildman–Crippen MR) is 118 cm³/mol. The van der Waals surface area contributed by atoms with Gasteiger partial charge in [0.15, 0.2) is 0 Å². The second kappa shape index (κ2) is 5.94. The summed E-state index contributed by atoms with van der Waals surface area (Å²) in [6.07, 6.45) is 4.52. The van der Waals surface area contributed by atoms with Crippen LogP contribution in [0.1, 0.15) is 37.0 Å². The third kappa shape index (κ3) is 2.42. The maximum absolute atomic E-state index is 14.7. The van der Waals surface area contributed by atoms with Crippen LogP contribution >= 0.6 is 0 Å². The number of hydrogen-bond donors (Lipinski definition) is 2. The van der Waals surface area contributed by atoms with Gasteiger partial charge < -0.3 is 9.55 Å². The fourth-order valence-corrected chi connectivity index (χ4v) is 5.08. The third-order valence-corrected chi connectivity index (χ3v) is 6.70.